The maximum atomic E-state index is 14.4. The van der Waals surface area contributed by atoms with Crippen molar-refractivity contribution in [3.63, 3.8) is 0 Å². The summed E-state index contributed by atoms with van der Waals surface area (Å²) in [5.74, 6) is -1.65. The molecule has 0 aromatic heterocycles. The van der Waals surface area contributed by atoms with Gasteiger partial charge in [0.25, 0.3) is 0 Å². The number of phosphoric ester groups is 1. The Morgan fingerprint density at radius 2 is 1.06 bits per heavy atom. The normalized spacial score (nSPS) is 20.0. The van der Waals surface area contributed by atoms with Crippen LogP contribution < -0.4 is 9.05 Å². The molecule has 1 aliphatic rings. The number of unbranched alkanes of at least 4 members (excludes halogenated alkanes) is 13. The molecular formula is C40H59O12P. The van der Waals surface area contributed by atoms with Gasteiger partial charge in [0, 0.05) is 27.4 Å². The van der Waals surface area contributed by atoms with Crippen molar-refractivity contribution >= 4 is 25.7 Å². The fraction of sp³-hybridized carbons (Fsp3) is 0.625. The Kier molecular flexibility index (Phi) is 20.6. The second-order valence-corrected chi connectivity index (χ2v) is 14.8. The van der Waals surface area contributed by atoms with Gasteiger partial charge in [0.15, 0.2) is 12.2 Å². The molecule has 1 fully saturated rings. The van der Waals surface area contributed by atoms with E-state index in [2.05, 4.69) is 6.92 Å². The maximum Gasteiger partial charge on any atom is 0.590 e. The van der Waals surface area contributed by atoms with Crippen LogP contribution in [-0.2, 0) is 47.2 Å². The van der Waals surface area contributed by atoms with Crippen LogP contribution in [-0.4, -0.2) is 61.8 Å². The first kappa shape index (κ1) is 44.0. The van der Waals surface area contributed by atoms with E-state index in [1.807, 2.05) is 0 Å². The molecule has 1 aliphatic heterocycles. The minimum absolute atomic E-state index is 0.173. The Morgan fingerprint density at radius 3 is 1.51 bits per heavy atom. The van der Waals surface area contributed by atoms with Crippen LogP contribution in [0.25, 0.3) is 0 Å². The molecule has 12 nitrogen and oxygen atoms in total. The van der Waals surface area contributed by atoms with Gasteiger partial charge in [0.1, 0.15) is 30.3 Å². The number of hydrogen-bond donors (Lipinski definition) is 0. The van der Waals surface area contributed by atoms with E-state index in [1.54, 1.807) is 60.7 Å². The largest absolute Gasteiger partial charge is 0.590 e. The second kappa shape index (κ2) is 24.8. The summed E-state index contributed by atoms with van der Waals surface area (Å²) in [5.41, 5.74) is 0. The zero-order valence-electron chi connectivity index (χ0n) is 31.8. The zero-order valence-corrected chi connectivity index (χ0v) is 32.7. The fourth-order valence-corrected chi connectivity index (χ4v) is 7.37. The smallest absolute Gasteiger partial charge is 0.463 e. The molecule has 296 valence electrons. The highest BCUT2D eigenvalue weighted by atomic mass is 31.2. The molecule has 5 atom stereocenters. The molecule has 53 heavy (non-hydrogen) atoms. The van der Waals surface area contributed by atoms with Crippen LogP contribution in [0, 0.1) is 0 Å². The minimum Gasteiger partial charge on any atom is -0.463 e. The summed E-state index contributed by atoms with van der Waals surface area (Å²) in [6.45, 7) is 5.72. The van der Waals surface area contributed by atoms with Gasteiger partial charge < -0.3 is 32.7 Å². The third-order valence-corrected chi connectivity index (χ3v) is 9.94. The Bertz CT molecular complexity index is 1330. The predicted molar refractivity (Wildman–Crippen MR) is 199 cm³/mol. The van der Waals surface area contributed by atoms with Crippen LogP contribution in [0.4, 0.5) is 0 Å². The topological polar surface area (TPSA) is 142 Å². The van der Waals surface area contributed by atoms with E-state index in [0.717, 1.165) is 19.3 Å². The van der Waals surface area contributed by atoms with Gasteiger partial charge in [0.2, 0.25) is 6.29 Å². The maximum absolute atomic E-state index is 14.4. The van der Waals surface area contributed by atoms with Crippen LogP contribution in [0.2, 0.25) is 0 Å². The second-order valence-electron chi connectivity index (χ2n) is 13.3. The molecule has 0 aliphatic carbocycles. The molecule has 0 saturated carbocycles. The number of hydrogen-bond acceptors (Lipinski definition) is 12. The molecule has 0 unspecified atom stereocenters. The average Bonchev–Trinajstić information content (AvgIpc) is 3.11. The molecule has 0 radical (unpaired) electrons. The molecule has 0 bridgehead atoms. The summed E-state index contributed by atoms with van der Waals surface area (Å²) in [4.78, 5) is 36.7. The highest BCUT2D eigenvalue weighted by molar-refractivity contribution is 7.49. The van der Waals surface area contributed by atoms with Crippen LogP contribution in [0.1, 0.15) is 118 Å². The van der Waals surface area contributed by atoms with Crippen LogP contribution in [0.15, 0.2) is 60.7 Å². The van der Waals surface area contributed by atoms with E-state index in [4.69, 9.17) is 37.3 Å². The third-order valence-electron chi connectivity index (χ3n) is 8.61. The molecule has 2 aromatic carbocycles. The quantitative estimate of drug-likeness (QED) is 0.0390. The predicted octanol–water partition coefficient (Wildman–Crippen LogP) is 9.29. The lowest BCUT2D eigenvalue weighted by atomic mass is 9.98. The number of ether oxygens (including phenoxy) is 5. The van der Waals surface area contributed by atoms with E-state index < -0.39 is 56.4 Å². The molecule has 0 N–H and O–H groups in total. The molecule has 0 amide bonds. The van der Waals surface area contributed by atoms with Gasteiger partial charge >= 0.3 is 25.7 Å². The average molecular weight is 763 g/mol. The van der Waals surface area contributed by atoms with E-state index in [1.165, 1.54) is 85.0 Å². The van der Waals surface area contributed by atoms with Gasteiger partial charge in [-0.25, -0.2) is 9.09 Å². The molecular weight excluding hydrogens is 703 g/mol. The Labute approximate surface area is 315 Å². The van der Waals surface area contributed by atoms with E-state index >= 15 is 0 Å². The lowest BCUT2D eigenvalue weighted by Gasteiger charge is -2.44. The number of rotatable bonds is 26. The number of phosphoric acid groups is 1. The lowest BCUT2D eigenvalue weighted by Crippen LogP contribution is -2.62. The first-order valence-corrected chi connectivity index (χ1v) is 20.6. The van der Waals surface area contributed by atoms with Gasteiger partial charge in [-0.15, -0.1) is 0 Å². The Hall–Kier alpha value is -3.44. The van der Waals surface area contributed by atoms with Gasteiger partial charge in [-0.05, 0) is 30.7 Å². The molecule has 3 rings (SSSR count). The van der Waals surface area contributed by atoms with Crippen molar-refractivity contribution < 1.29 is 56.2 Å². The number of benzene rings is 2. The van der Waals surface area contributed by atoms with Crippen molar-refractivity contribution in [3.05, 3.63) is 60.7 Å². The van der Waals surface area contributed by atoms with Gasteiger partial charge in [-0.1, -0.05) is 127 Å². The van der Waals surface area contributed by atoms with Crippen LogP contribution in [0.5, 0.6) is 11.5 Å². The van der Waals surface area contributed by atoms with Crippen molar-refractivity contribution in [1.82, 2.24) is 0 Å². The molecule has 13 heteroatoms. The summed E-state index contributed by atoms with van der Waals surface area (Å²) in [7, 11) is -4.60. The van der Waals surface area contributed by atoms with E-state index in [-0.39, 0.29) is 24.7 Å². The monoisotopic (exact) mass is 762 g/mol. The van der Waals surface area contributed by atoms with Crippen molar-refractivity contribution in [2.45, 2.75) is 148 Å². The first-order valence-electron chi connectivity index (χ1n) is 19.1. The summed E-state index contributed by atoms with van der Waals surface area (Å²) >= 11 is 0. The minimum atomic E-state index is -4.60. The van der Waals surface area contributed by atoms with Crippen molar-refractivity contribution in [1.29, 1.82) is 0 Å². The number of para-hydroxylation sites is 2. The van der Waals surface area contributed by atoms with Crippen molar-refractivity contribution in [3.8, 4) is 11.5 Å². The summed E-state index contributed by atoms with van der Waals surface area (Å²) in [5, 5.41) is 0. The third kappa shape index (κ3) is 17.5. The Morgan fingerprint density at radius 1 is 0.604 bits per heavy atom. The van der Waals surface area contributed by atoms with Crippen LogP contribution in [0.3, 0.4) is 0 Å². The van der Waals surface area contributed by atoms with Crippen molar-refractivity contribution in [2.24, 2.45) is 0 Å². The molecule has 1 saturated heterocycles. The summed E-state index contributed by atoms with van der Waals surface area (Å²) in [6.07, 6.45) is 10.2. The standard InChI is InChI=1S/C40H59O12P/c1-5-6-7-8-9-10-11-12-13-14-15-16-17-24-29-45-38-37(47-32(3)42)36(30-46-31(2)41)49-40(39(38)48-33(4)43)52-53(44,50-34-25-20-18-21-26-34)51-35-27-22-19-23-28-35/h18-23,25-28,36-40H,5-17,24,29-30H2,1-4H3/t36-,37-,38+,39-,40-/m1/s1. The molecule has 0 spiro atoms. The lowest BCUT2D eigenvalue weighted by molar-refractivity contribution is -0.295. The number of esters is 3. The zero-order chi connectivity index (χ0) is 38.3. The van der Waals surface area contributed by atoms with E-state index in [0.29, 0.717) is 6.42 Å². The van der Waals surface area contributed by atoms with E-state index in [9.17, 15) is 18.9 Å². The fourth-order valence-electron chi connectivity index (χ4n) is 6.06. The molecule has 2 aromatic rings. The van der Waals surface area contributed by atoms with Gasteiger partial charge in [0.05, 0.1) is 0 Å². The number of carbonyl (C=O) groups excluding carboxylic acids is 3. The van der Waals surface area contributed by atoms with Crippen LogP contribution >= 0.6 is 7.82 Å². The first-order chi connectivity index (χ1) is 25.6. The highest BCUT2D eigenvalue weighted by Crippen LogP contribution is 2.52. The van der Waals surface area contributed by atoms with Gasteiger partial charge in [-0.2, -0.15) is 0 Å². The SMILES string of the molecule is CCCCCCCCCCCCCCCCO[C@@H]1[C@@H](OC(C)=O)[C@@H](OP(=O)(Oc2ccccc2)Oc2ccccc2)O[C@H](COC(C)=O)[C@H]1OC(C)=O. The van der Waals surface area contributed by atoms with Crippen molar-refractivity contribution in [2.75, 3.05) is 13.2 Å². The summed E-state index contributed by atoms with van der Waals surface area (Å²) in [6, 6.07) is 16.5. The highest BCUT2D eigenvalue weighted by Gasteiger charge is 2.54. The molecule has 1 heterocycles. The number of carbonyl (C=O) groups is 3. The Balaban J connectivity index is 1.72. The summed E-state index contributed by atoms with van der Waals surface area (Å²) < 4.78 is 61.0. The van der Waals surface area contributed by atoms with Gasteiger partial charge in [-0.3, -0.25) is 14.4 Å².